The van der Waals surface area contributed by atoms with Gasteiger partial charge in [-0.1, -0.05) is 0 Å². The minimum atomic E-state index is 0.291. The number of aromatic nitrogens is 1. The third-order valence-electron chi connectivity index (χ3n) is 2.40. The molecule has 1 fully saturated rings. The van der Waals surface area contributed by atoms with Crippen molar-refractivity contribution in [1.29, 1.82) is 0 Å². The van der Waals surface area contributed by atoms with E-state index >= 15 is 0 Å². The molecule has 5 nitrogen and oxygen atoms in total. The highest BCUT2D eigenvalue weighted by atomic mass is 16.4. The van der Waals surface area contributed by atoms with Crippen LogP contribution in [0.5, 0.6) is 0 Å². The summed E-state index contributed by atoms with van der Waals surface area (Å²) in [5.41, 5.74) is 0. The Kier molecular flexibility index (Phi) is 2.49. The number of piperazine rings is 1. The Labute approximate surface area is 82.3 Å². The molecule has 0 spiro atoms. The highest BCUT2D eigenvalue weighted by Gasteiger charge is 2.17. The van der Waals surface area contributed by atoms with Crippen molar-refractivity contribution in [2.45, 2.75) is 0 Å². The van der Waals surface area contributed by atoms with Crippen LogP contribution in [0, 0.1) is 0 Å². The number of carbonyl (C=O) groups is 1. The van der Waals surface area contributed by atoms with Crippen molar-refractivity contribution >= 4 is 12.3 Å². The fraction of sp³-hybridized carbons (Fsp3) is 0.556. The zero-order valence-electron chi connectivity index (χ0n) is 8.14. The number of oxazole rings is 1. The zero-order valence-corrected chi connectivity index (χ0v) is 8.14. The van der Waals surface area contributed by atoms with Gasteiger partial charge in [-0.2, -0.15) is 0 Å². The van der Waals surface area contributed by atoms with Gasteiger partial charge in [0.05, 0.1) is 6.20 Å². The molecule has 76 valence electrons. The van der Waals surface area contributed by atoms with Crippen molar-refractivity contribution in [3.8, 4) is 0 Å². The van der Waals surface area contributed by atoms with Crippen molar-refractivity contribution in [2.75, 3.05) is 38.1 Å². The number of anilines is 1. The number of rotatable bonds is 2. The van der Waals surface area contributed by atoms with Crippen LogP contribution in [-0.4, -0.2) is 49.4 Å². The summed E-state index contributed by atoms with van der Waals surface area (Å²) in [6.45, 7) is 3.79. The number of carbonyl (C=O) groups excluding carboxylic acids is 1. The van der Waals surface area contributed by atoms with Crippen molar-refractivity contribution in [1.82, 2.24) is 9.88 Å². The van der Waals surface area contributed by atoms with Gasteiger partial charge in [-0.05, 0) is 7.05 Å². The van der Waals surface area contributed by atoms with Crippen LogP contribution in [0.2, 0.25) is 0 Å². The summed E-state index contributed by atoms with van der Waals surface area (Å²) in [5, 5.41) is 0. The molecule has 1 aliphatic heterocycles. The van der Waals surface area contributed by atoms with E-state index in [0.717, 1.165) is 26.2 Å². The first-order valence-corrected chi connectivity index (χ1v) is 4.64. The first kappa shape index (κ1) is 9.21. The number of nitrogens with zero attached hydrogens (tertiary/aromatic N) is 3. The van der Waals surface area contributed by atoms with Gasteiger partial charge in [0.15, 0.2) is 12.0 Å². The van der Waals surface area contributed by atoms with Crippen LogP contribution in [0.3, 0.4) is 0 Å². The molecular weight excluding hydrogens is 182 g/mol. The maximum atomic E-state index is 10.4. The molecule has 1 aliphatic rings. The van der Waals surface area contributed by atoms with E-state index in [1.165, 1.54) is 6.20 Å². The summed E-state index contributed by atoms with van der Waals surface area (Å²) < 4.78 is 5.24. The maximum Gasteiger partial charge on any atom is 0.297 e. The number of hydrogen-bond donors (Lipinski definition) is 0. The Balaban J connectivity index is 2.04. The summed E-state index contributed by atoms with van der Waals surface area (Å²) in [7, 11) is 2.09. The molecule has 2 heterocycles. The Morgan fingerprint density at radius 2 is 2.14 bits per heavy atom. The standard InChI is InChI=1S/C9H13N3O2/c1-11-2-4-12(5-3-11)9-10-6-8(7-13)14-9/h6-7H,2-5H2,1H3. The van der Waals surface area contributed by atoms with Crippen LogP contribution >= 0.6 is 0 Å². The Morgan fingerprint density at radius 1 is 1.43 bits per heavy atom. The molecule has 0 bridgehead atoms. The van der Waals surface area contributed by atoms with E-state index in [0.29, 0.717) is 18.1 Å². The molecule has 0 aliphatic carbocycles. The lowest BCUT2D eigenvalue weighted by atomic mass is 10.3. The van der Waals surface area contributed by atoms with E-state index in [2.05, 4.69) is 16.9 Å². The largest absolute Gasteiger partial charge is 0.421 e. The van der Waals surface area contributed by atoms with E-state index in [1.807, 2.05) is 4.90 Å². The van der Waals surface area contributed by atoms with Gasteiger partial charge in [0.1, 0.15) is 0 Å². The van der Waals surface area contributed by atoms with Crippen molar-refractivity contribution in [3.63, 3.8) is 0 Å². The molecule has 1 saturated heterocycles. The molecule has 1 aromatic heterocycles. The molecule has 0 unspecified atom stereocenters. The summed E-state index contributed by atoms with van der Waals surface area (Å²) >= 11 is 0. The van der Waals surface area contributed by atoms with E-state index in [9.17, 15) is 4.79 Å². The van der Waals surface area contributed by atoms with Crippen molar-refractivity contribution < 1.29 is 9.21 Å². The average Bonchev–Trinajstić information content (AvgIpc) is 2.67. The molecule has 0 amide bonds. The van der Waals surface area contributed by atoms with E-state index in [-0.39, 0.29) is 0 Å². The molecule has 5 heteroatoms. The van der Waals surface area contributed by atoms with Crippen LogP contribution in [0.1, 0.15) is 10.6 Å². The lowest BCUT2D eigenvalue weighted by molar-refractivity contribution is 0.110. The first-order chi connectivity index (χ1) is 6.79. The quantitative estimate of drug-likeness (QED) is 0.633. The second kappa shape index (κ2) is 3.79. The van der Waals surface area contributed by atoms with E-state index < -0.39 is 0 Å². The van der Waals surface area contributed by atoms with Crippen LogP contribution in [0.15, 0.2) is 10.6 Å². The zero-order chi connectivity index (χ0) is 9.97. The van der Waals surface area contributed by atoms with E-state index in [1.54, 1.807) is 0 Å². The van der Waals surface area contributed by atoms with Gasteiger partial charge in [-0.15, -0.1) is 0 Å². The number of likely N-dealkylation sites (N-methyl/N-ethyl adjacent to an activating group) is 1. The molecule has 0 aromatic carbocycles. The minimum absolute atomic E-state index is 0.291. The maximum absolute atomic E-state index is 10.4. The molecule has 1 aromatic rings. The Hall–Kier alpha value is -1.36. The van der Waals surface area contributed by atoms with Gasteiger partial charge in [-0.25, -0.2) is 4.98 Å². The van der Waals surface area contributed by atoms with Gasteiger partial charge < -0.3 is 14.2 Å². The monoisotopic (exact) mass is 195 g/mol. The normalized spacial score (nSPS) is 18.5. The predicted octanol–water partition coefficient (Wildman–Crippen LogP) is 0.239. The van der Waals surface area contributed by atoms with Gasteiger partial charge in [0.25, 0.3) is 6.01 Å². The van der Waals surface area contributed by atoms with Crippen molar-refractivity contribution in [3.05, 3.63) is 12.0 Å². The molecule has 0 atom stereocenters. The van der Waals surface area contributed by atoms with Crippen LogP contribution in [0.4, 0.5) is 6.01 Å². The third kappa shape index (κ3) is 1.77. The Bertz CT molecular complexity index is 316. The number of hydrogen-bond acceptors (Lipinski definition) is 5. The van der Waals surface area contributed by atoms with E-state index in [4.69, 9.17) is 4.42 Å². The topological polar surface area (TPSA) is 49.6 Å². The van der Waals surface area contributed by atoms with Crippen LogP contribution in [0.25, 0.3) is 0 Å². The summed E-state index contributed by atoms with van der Waals surface area (Å²) in [5.74, 6) is 0.291. The van der Waals surface area contributed by atoms with Gasteiger partial charge >= 0.3 is 0 Å². The summed E-state index contributed by atoms with van der Waals surface area (Å²) in [4.78, 5) is 18.7. The SMILES string of the molecule is CN1CCN(c2ncc(C=O)o2)CC1. The second-order valence-corrected chi connectivity index (χ2v) is 3.45. The van der Waals surface area contributed by atoms with Gasteiger partial charge in [0.2, 0.25) is 0 Å². The first-order valence-electron chi connectivity index (χ1n) is 4.64. The highest BCUT2D eigenvalue weighted by Crippen LogP contribution is 2.14. The summed E-state index contributed by atoms with van der Waals surface area (Å²) in [6.07, 6.45) is 2.13. The molecule has 0 radical (unpaired) electrons. The molecule has 14 heavy (non-hydrogen) atoms. The molecule has 2 rings (SSSR count). The average molecular weight is 195 g/mol. The second-order valence-electron chi connectivity index (χ2n) is 3.45. The molecule has 0 saturated carbocycles. The lowest BCUT2D eigenvalue weighted by Crippen LogP contribution is -2.44. The number of aldehydes is 1. The van der Waals surface area contributed by atoms with Crippen LogP contribution < -0.4 is 4.90 Å². The smallest absolute Gasteiger partial charge is 0.297 e. The third-order valence-corrected chi connectivity index (χ3v) is 2.40. The highest BCUT2D eigenvalue weighted by molar-refractivity contribution is 5.70. The fourth-order valence-corrected chi connectivity index (χ4v) is 1.48. The lowest BCUT2D eigenvalue weighted by Gasteiger charge is -2.31. The van der Waals surface area contributed by atoms with Gasteiger partial charge in [0, 0.05) is 26.2 Å². The molecule has 0 N–H and O–H groups in total. The fourth-order valence-electron chi connectivity index (χ4n) is 1.48. The molecular formula is C9H13N3O2. The minimum Gasteiger partial charge on any atom is -0.421 e. The van der Waals surface area contributed by atoms with Crippen LogP contribution in [-0.2, 0) is 0 Å². The Morgan fingerprint density at radius 3 is 2.71 bits per heavy atom. The summed E-state index contributed by atoms with van der Waals surface area (Å²) in [6, 6.07) is 0.556. The predicted molar refractivity (Wildman–Crippen MR) is 51.6 cm³/mol. The van der Waals surface area contributed by atoms with Crippen molar-refractivity contribution in [2.24, 2.45) is 0 Å². The van der Waals surface area contributed by atoms with Gasteiger partial charge in [-0.3, -0.25) is 4.79 Å².